The molecule has 3 aromatic carbocycles. The van der Waals surface area contributed by atoms with Crippen molar-refractivity contribution in [1.82, 2.24) is 20.2 Å². The second-order valence-electron chi connectivity index (χ2n) is 6.81. The predicted octanol–water partition coefficient (Wildman–Crippen LogP) is 4.95. The van der Waals surface area contributed by atoms with Gasteiger partial charge in [0.15, 0.2) is 11.0 Å². The third-order valence-electron chi connectivity index (χ3n) is 4.63. The van der Waals surface area contributed by atoms with E-state index < -0.39 is 0 Å². The quantitative estimate of drug-likeness (QED) is 0.201. The Hall–Kier alpha value is -3.43. The van der Waals surface area contributed by atoms with Gasteiger partial charge in [-0.3, -0.25) is 9.36 Å². The number of nitrogens with zero attached hydrogens (tertiary/aromatic N) is 4. The van der Waals surface area contributed by atoms with E-state index >= 15 is 0 Å². The number of hydrogen-bond acceptors (Lipinski definition) is 6. The van der Waals surface area contributed by atoms with Crippen molar-refractivity contribution < 1.29 is 9.53 Å². The number of hydrazone groups is 1. The molecule has 1 heterocycles. The molecule has 0 radical (unpaired) electrons. The van der Waals surface area contributed by atoms with Crippen LogP contribution in [0.2, 0.25) is 0 Å². The molecule has 0 saturated heterocycles. The van der Waals surface area contributed by atoms with Gasteiger partial charge in [0.25, 0.3) is 5.91 Å². The summed E-state index contributed by atoms with van der Waals surface area (Å²) in [6.07, 6.45) is 1.60. The first-order valence-electron chi connectivity index (χ1n) is 10.00. The number of carbonyl (C=O) groups excluding carboxylic acids is 1. The molecule has 0 aliphatic rings. The SMILES string of the molecule is COc1ccc(-n2c(SCC(=O)N/N=C/c3ccccc3Br)nnc2-c2ccccc2)cc1. The molecule has 0 fully saturated rings. The molecule has 1 amide bonds. The largest absolute Gasteiger partial charge is 0.497 e. The Balaban J connectivity index is 1.51. The fraction of sp³-hybridized carbons (Fsp3) is 0.0833. The van der Waals surface area contributed by atoms with Crippen molar-refractivity contribution in [3.8, 4) is 22.8 Å². The number of ether oxygens (including phenoxy) is 1. The van der Waals surface area contributed by atoms with E-state index in [2.05, 4.69) is 36.7 Å². The van der Waals surface area contributed by atoms with Gasteiger partial charge < -0.3 is 4.74 Å². The molecule has 166 valence electrons. The molecular weight excluding hydrogens is 502 g/mol. The van der Waals surface area contributed by atoms with Crippen LogP contribution in [0, 0.1) is 0 Å². The zero-order valence-electron chi connectivity index (χ0n) is 17.7. The highest BCUT2D eigenvalue weighted by molar-refractivity contribution is 9.10. The van der Waals surface area contributed by atoms with Gasteiger partial charge in [0.2, 0.25) is 0 Å². The van der Waals surface area contributed by atoms with Crippen LogP contribution in [0.4, 0.5) is 0 Å². The minimum atomic E-state index is -0.242. The molecule has 0 spiro atoms. The van der Waals surface area contributed by atoms with E-state index in [-0.39, 0.29) is 11.7 Å². The average molecular weight is 522 g/mol. The van der Waals surface area contributed by atoms with Crippen LogP contribution >= 0.6 is 27.7 Å². The summed E-state index contributed by atoms with van der Waals surface area (Å²) < 4.78 is 8.10. The van der Waals surface area contributed by atoms with Crippen molar-refractivity contribution in [1.29, 1.82) is 0 Å². The monoisotopic (exact) mass is 521 g/mol. The first-order valence-corrected chi connectivity index (χ1v) is 11.8. The van der Waals surface area contributed by atoms with Gasteiger partial charge in [-0.1, -0.05) is 76.2 Å². The Morgan fingerprint density at radius 3 is 2.52 bits per heavy atom. The minimum Gasteiger partial charge on any atom is -0.497 e. The van der Waals surface area contributed by atoms with E-state index in [9.17, 15) is 4.79 Å². The van der Waals surface area contributed by atoms with Crippen molar-refractivity contribution in [3.63, 3.8) is 0 Å². The lowest BCUT2D eigenvalue weighted by molar-refractivity contribution is -0.118. The molecule has 9 heteroatoms. The fourth-order valence-electron chi connectivity index (χ4n) is 3.02. The van der Waals surface area contributed by atoms with Crippen LogP contribution in [0.3, 0.4) is 0 Å². The number of thioether (sulfide) groups is 1. The van der Waals surface area contributed by atoms with Gasteiger partial charge in [-0.25, -0.2) is 5.43 Å². The second kappa shape index (κ2) is 10.9. The molecule has 0 bridgehead atoms. The number of methoxy groups -OCH3 is 1. The summed E-state index contributed by atoms with van der Waals surface area (Å²) in [4.78, 5) is 12.4. The lowest BCUT2D eigenvalue weighted by atomic mass is 10.2. The maximum atomic E-state index is 12.4. The molecule has 0 aliphatic heterocycles. The van der Waals surface area contributed by atoms with Gasteiger partial charge >= 0.3 is 0 Å². The predicted molar refractivity (Wildman–Crippen MR) is 134 cm³/mol. The number of rotatable bonds is 8. The van der Waals surface area contributed by atoms with Crippen molar-refractivity contribution in [3.05, 3.63) is 88.9 Å². The molecule has 0 saturated carbocycles. The summed E-state index contributed by atoms with van der Waals surface area (Å²) in [7, 11) is 1.63. The standard InChI is InChI=1S/C24H20BrN5O2S/c1-32-20-13-11-19(12-14-20)30-23(17-7-3-2-4-8-17)28-29-24(30)33-16-22(31)27-26-15-18-9-5-6-10-21(18)25/h2-15H,16H2,1H3,(H,27,31)/b26-15+. The van der Waals surface area contributed by atoms with Crippen LogP contribution in [-0.4, -0.2) is 39.7 Å². The van der Waals surface area contributed by atoms with Crippen LogP contribution in [0.25, 0.3) is 17.1 Å². The van der Waals surface area contributed by atoms with Crippen LogP contribution in [-0.2, 0) is 4.79 Å². The van der Waals surface area contributed by atoms with Crippen molar-refractivity contribution in [2.45, 2.75) is 5.16 Å². The number of benzene rings is 3. The number of aromatic nitrogens is 3. The summed E-state index contributed by atoms with van der Waals surface area (Å²) in [5, 5.41) is 13.4. The average Bonchev–Trinajstić information content (AvgIpc) is 3.28. The maximum Gasteiger partial charge on any atom is 0.250 e. The molecule has 1 N–H and O–H groups in total. The Bertz CT molecular complexity index is 1260. The van der Waals surface area contributed by atoms with Gasteiger partial charge in [-0.05, 0) is 30.3 Å². The highest BCUT2D eigenvalue weighted by Gasteiger charge is 2.17. The van der Waals surface area contributed by atoms with Crippen LogP contribution in [0.5, 0.6) is 5.75 Å². The Morgan fingerprint density at radius 1 is 1.06 bits per heavy atom. The number of carbonyl (C=O) groups is 1. The van der Waals surface area contributed by atoms with Crippen molar-refractivity contribution >= 4 is 39.8 Å². The summed E-state index contributed by atoms with van der Waals surface area (Å²) in [5.41, 5.74) is 5.22. The van der Waals surface area contributed by atoms with Gasteiger partial charge in [0.05, 0.1) is 19.1 Å². The number of nitrogens with one attached hydrogen (secondary N) is 1. The molecule has 0 unspecified atom stereocenters. The molecule has 4 aromatic rings. The van der Waals surface area contributed by atoms with Crippen molar-refractivity contribution in [2.75, 3.05) is 12.9 Å². The summed E-state index contributed by atoms with van der Waals surface area (Å²) in [5.74, 6) is 1.34. The van der Waals surface area contributed by atoms with E-state index in [0.717, 1.165) is 27.0 Å². The summed E-state index contributed by atoms with van der Waals surface area (Å²) >= 11 is 4.74. The number of halogens is 1. The molecular formula is C24H20BrN5O2S. The zero-order valence-corrected chi connectivity index (χ0v) is 20.1. The lowest BCUT2D eigenvalue weighted by Gasteiger charge is -2.11. The fourth-order valence-corrected chi connectivity index (χ4v) is 4.15. The highest BCUT2D eigenvalue weighted by Crippen LogP contribution is 2.28. The van der Waals surface area contributed by atoms with E-state index in [4.69, 9.17) is 4.74 Å². The maximum absolute atomic E-state index is 12.4. The topological polar surface area (TPSA) is 81.4 Å². The van der Waals surface area contributed by atoms with Crippen LogP contribution in [0.15, 0.2) is 93.6 Å². The lowest BCUT2D eigenvalue weighted by Crippen LogP contribution is -2.20. The third-order valence-corrected chi connectivity index (χ3v) is 6.28. The molecule has 0 aliphatic carbocycles. The molecule has 0 atom stereocenters. The first kappa shape index (κ1) is 22.8. The number of hydrogen-bond donors (Lipinski definition) is 1. The normalized spacial score (nSPS) is 11.0. The second-order valence-corrected chi connectivity index (χ2v) is 8.61. The Labute approximate surface area is 204 Å². The van der Waals surface area contributed by atoms with E-state index in [1.165, 1.54) is 11.8 Å². The first-order chi connectivity index (χ1) is 16.2. The summed E-state index contributed by atoms with van der Waals surface area (Å²) in [6, 6.07) is 25.0. The number of amides is 1. The highest BCUT2D eigenvalue weighted by atomic mass is 79.9. The van der Waals surface area contributed by atoms with Gasteiger partial charge in [-0.15, -0.1) is 10.2 Å². The van der Waals surface area contributed by atoms with Crippen molar-refractivity contribution in [2.24, 2.45) is 5.10 Å². The molecule has 4 rings (SSSR count). The molecule has 1 aromatic heterocycles. The van der Waals surface area contributed by atoms with Gasteiger partial charge in [-0.2, -0.15) is 5.10 Å². The van der Waals surface area contributed by atoms with E-state index in [1.807, 2.05) is 83.4 Å². The van der Waals surface area contributed by atoms with Gasteiger partial charge in [0, 0.05) is 21.3 Å². The third kappa shape index (κ3) is 5.68. The molecule has 33 heavy (non-hydrogen) atoms. The Kier molecular flexibility index (Phi) is 7.54. The Morgan fingerprint density at radius 2 is 1.79 bits per heavy atom. The van der Waals surface area contributed by atoms with Crippen LogP contribution in [0.1, 0.15) is 5.56 Å². The zero-order chi connectivity index (χ0) is 23.0. The van der Waals surface area contributed by atoms with Gasteiger partial charge in [0.1, 0.15) is 5.75 Å². The minimum absolute atomic E-state index is 0.135. The summed E-state index contributed by atoms with van der Waals surface area (Å²) in [6.45, 7) is 0. The van der Waals surface area contributed by atoms with E-state index in [1.54, 1.807) is 13.3 Å². The molecule has 7 nitrogen and oxygen atoms in total. The van der Waals surface area contributed by atoms with E-state index in [0.29, 0.717) is 11.0 Å². The smallest absolute Gasteiger partial charge is 0.250 e. The van der Waals surface area contributed by atoms with Crippen LogP contribution < -0.4 is 10.2 Å².